The molecule has 0 spiro atoms. The second-order valence-electron chi connectivity index (χ2n) is 4.57. The van der Waals surface area contributed by atoms with E-state index >= 15 is 0 Å². The fourth-order valence-corrected chi connectivity index (χ4v) is 1.74. The van der Waals surface area contributed by atoms with E-state index in [4.69, 9.17) is 5.11 Å². The van der Waals surface area contributed by atoms with Gasteiger partial charge in [0.25, 0.3) is 0 Å². The van der Waals surface area contributed by atoms with E-state index in [1.807, 2.05) is 6.92 Å². The minimum absolute atomic E-state index is 0.0740. The first-order valence-electron chi connectivity index (χ1n) is 6.81. The zero-order chi connectivity index (χ0) is 15.8. The van der Waals surface area contributed by atoms with Crippen LogP contribution in [0, 0.1) is 17.5 Å². The van der Waals surface area contributed by atoms with Gasteiger partial charge >= 0.3 is 6.03 Å². The molecule has 0 atom stereocenters. The zero-order valence-electron chi connectivity index (χ0n) is 11.8. The largest absolute Gasteiger partial charge is 0.396 e. The maximum Gasteiger partial charge on any atom is 0.321 e. The molecule has 0 heterocycles. The number of benzene rings is 1. The average Bonchev–Trinajstić information content (AvgIpc) is 2.48. The van der Waals surface area contributed by atoms with Crippen molar-refractivity contribution in [2.24, 2.45) is 0 Å². The zero-order valence-corrected chi connectivity index (χ0v) is 11.8. The summed E-state index contributed by atoms with van der Waals surface area (Å²) in [6.45, 7) is 2.62. The van der Waals surface area contributed by atoms with E-state index in [9.17, 15) is 18.0 Å². The van der Waals surface area contributed by atoms with Gasteiger partial charge in [0.1, 0.15) is 0 Å². The van der Waals surface area contributed by atoms with E-state index in [0.29, 0.717) is 19.5 Å². The minimum Gasteiger partial charge on any atom is -0.396 e. The third kappa shape index (κ3) is 4.93. The SMILES string of the molecule is CCCCN(CCCO)C(=O)Nc1ccc(F)c(F)c1F. The molecule has 0 bridgehead atoms. The van der Waals surface area contributed by atoms with E-state index in [0.717, 1.165) is 25.0 Å². The summed E-state index contributed by atoms with van der Waals surface area (Å²) in [6.07, 6.45) is 2.00. The molecular formula is C14H19F3N2O2. The Labute approximate surface area is 121 Å². The molecule has 0 saturated heterocycles. The third-order valence-corrected chi connectivity index (χ3v) is 2.93. The van der Waals surface area contributed by atoms with Gasteiger partial charge in [0.15, 0.2) is 17.5 Å². The molecule has 0 saturated carbocycles. The van der Waals surface area contributed by atoms with Crippen molar-refractivity contribution in [3.63, 3.8) is 0 Å². The monoisotopic (exact) mass is 304 g/mol. The molecule has 0 fully saturated rings. The first kappa shape index (κ1) is 17.3. The summed E-state index contributed by atoms with van der Waals surface area (Å²) in [5, 5.41) is 11.0. The van der Waals surface area contributed by atoms with Crippen LogP contribution in [0.25, 0.3) is 0 Å². The summed E-state index contributed by atoms with van der Waals surface area (Å²) in [6, 6.07) is 1.11. The third-order valence-electron chi connectivity index (χ3n) is 2.93. The number of aliphatic hydroxyl groups excluding tert-OH is 1. The van der Waals surface area contributed by atoms with E-state index in [1.165, 1.54) is 4.90 Å². The normalized spacial score (nSPS) is 10.5. The molecule has 2 N–H and O–H groups in total. The Morgan fingerprint density at radius 2 is 1.86 bits per heavy atom. The lowest BCUT2D eigenvalue weighted by atomic mass is 10.2. The number of carbonyl (C=O) groups excluding carboxylic acids is 1. The Morgan fingerprint density at radius 3 is 2.48 bits per heavy atom. The topological polar surface area (TPSA) is 52.6 Å². The van der Waals surface area contributed by atoms with Gasteiger partial charge in [-0.25, -0.2) is 18.0 Å². The molecular weight excluding hydrogens is 285 g/mol. The molecule has 0 unspecified atom stereocenters. The van der Waals surface area contributed by atoms with Crippen LogP contribution in [0.1, 0.15) is 26.2 Å². The van der Waals surface area contributed by atoms with Crippen LogP contribution in [-0.2, 0) is 0 Å². The molecule has 1 aromatic rings. The smallest absolute Gasteiger partial charge is 0.321 e. The highest BCUT2D eigenvalue weighted by molar-refractivity contribution is 5.89. The minimum atomic E-state index is -1.62. The maximum atomic E-state index is 13.5. The molecule has 1 aromatic carbocycles. The van der Waals surface area contributed by atoms with Gasteiger partial charge in [0, 0.05) is 19.7 Å². The van der Waals surface area contributed by atoms with Gasteiger partial charge in [0.05, 0.1) is 5.69 Å². The maximum absolute atomic E-state index is 13.5. The van der Waals surface area contributed by atoms with Gasteiger partial charge in [-0.05, 0) is 25.0 Å². The first-order chi connectivity index (χ1) is 10.0. The Hall–Kier alpha value is -1.76. The molecule has 0 aliphatic heterocycles. The lowest BCUT2D eigenvalue weighted by Crippen LogP contribution is -2.37. The molecule has 1 rings (SSSR count). The molecule has 0 aliphatic rings. The highest BCUT2D eigenvalue weighted by atomic mass is 19.2. The van der Waals surface area contributed by atoms with Gasteiger partial charge in [-0.15, -0.1) is 0 Å². The average molecular weight is 304 g/mol. The van der Waals surface area contributed by atoms with Crippen LogP contribution in [0.3, 0.4) is 0 Å². The Balaban J connectivity index is 2.78. The van der Waals surface area contributed by atoms with Crippen LogP contribution < -0.4 is 5.32 Å². The number of nitrogens with one attached hydrogen (secondary N) is 1. The van der Waals surface area contributed by atoms with E-state index in [-0.39, 0.29) is 6.61 Å². The fourth-order valence-electron chi connectivity index (χ4n) is 1.74. The highest BCUT2D eigenvalue weighted by Gasteiger charge is 2.18. The Morgan fingerprint density at radius 1 is 1.19 bits per heavy atom. The van der Waals surface area contributed by atoms with Crippen molar-refractivity contribution >= 4 is 11.7 Å². The Kier molecular flexibility index (Phi) is 7.01. The first-order valence-corrected chi connectivity index (χ1v) is 6.81. The van der Waals surface area contributed by atoms with Crippen LogP contribution in [0.4, 0.5) is 23.7 Å². The number of nitrogens with zero attached hydrogens (tertiary/aromatic N) is 1. The van der Waals surface area contributed by atoms with E-state index in [2.05, 4.69) is 5.32 Å². The molecule has 0 aromatic heterocycles. The van der Waals surface area contributed by atoms with Crippen LogP contribution in [0.15, 0.2) is 12.1 Å². The number of carbonyl (C=O) groups is 1. The van der Waals surface area contributed by atoms with Crippen LogP contribution in [-0.4, -0.2) is 35.7 Å². The van der Waals surface area contributed by atoms with Crippen molar-refractivity contribution in [2.45, 2.75) is 26.2 Å². The summed E-state index contributed by atoms with van der Waals surface area (Å²) in [5.41, 5.74) is -0.413. The number of aliphatic hydroxyl groups is 1. The Bertz CT molecular complexity index is 476. The number of halogens is 3. The van der Waals surface area contributed by atoms with Crippen LogP contribution in [0.2, 0.25) is 0 Å². The second kappa shape index (κ2) is 8.51. The molecule has 7 heteroatoms. The quantitative estimate of drug-likeness (QED) is 0.760. The summed E-state index contributed by atoms with van der Waals surface area (Å²) < 4.78 is 39.4. The van der Waals surface area contributed by atoms with Crippen molar-refractivity contribution in [2.75, 3.05) is 25.0 Å². The number of unbranched alkanes of at least 4 members (excludes halogenated alkanes) is 1. The summed E-state index contributed by atoms with van der Waals surface area (Å²) in [5.74, 6) is -4.36. The molecule has 2 amide bonds. The number of urea groups is 1. The lowest BCUT2D eigenvalue weighted by Gasteiger charge is -2.22. The number of hydrogen-bond acceptors (Lipinski definition) is 2. The molecule has 4 nitrogen and oxygen atoms in total. The summed E-state index contributed by atoms with van der Waals surface area (Å²) in [7, 11) is 0. The summed E-state index contributed by atoms with van der Waals surface area (Å²) >= 11 is 0. The van der Waals surface area contributed by atoms with Crippen molar-refractivity contribution in [3.05, 3.63) is 29.6 Å². The summed E-state index contributed by atoms with van der Waals surface area (Å²) in [4.78, 5) is 13.4. The predicted molar refractivity (Wildman–Crippen MR) is 73.5 cm³/mol. The molecule has 0 radical (unpaired) electrons. The van der Waals surface area contributed by atoms with Crippen molar-refractivity contribution in [1.29, 1.82) is 0 Å². The molecule has 0 aliphatic carbocycles. The lowest BCUT2D eigenvalue weighted by molar-refractivity contribution is 0.201. The second-order valence-corrected chi connectivity index (χ2v) is 4.57. The van der Waals surface area contributed by atoms with E-state index < -0.39 is 29.2 Å². The van der Waals surface area contributed by atoms with E-state index in [1.54, 1.807) is 0 Å². The predicted octanol–water partition coefficient (Wildman–Crippen LogP) is 3.12. The number of anilines is 1. The number of amides is 2. The van der Waals surface area contributed by atoms with Gasteiger partial charge < -0.3 is 15.3 Å². The van der Waals surface area contributed by atoms with Gasteiger partial charge in [-0.3, -0.25) is 0 Å². The molecule has 118 valence electrons. The van der Waals surface area contributed by atoms with Gasteiger partial charge in [-0.2, -0.15) is 0 Å². The van der Waals surface area contributed by atoms with Crippen LogP contribution in [0.5, 0.6) is 0 Å². The van der Waals surface area contributed by atoms with Crippen molar-refractivity contribution in [1.82, 2.24) is 4.90 Å². The standard InChI is InChI=1S/C14H19F3N2O2/c1-2-3-7-19(8-4-9-20)14(21)18-11-6-5-10(15)12(16)13(11)17/h5-6,20H,2-4,7-9H2,1H3,(H,18,21). The molecule has 21 heavy (non-hydrogen) atoms. The van der Waals surface area contributed by atoms with Crippen LogP contribution >= 0.6 is 0 Å². The fraction of sp³-hybridized carbons (Fsp3) is 0.500. The van der Waals surface area contributed by atoms with Crippen molar-refractivity contribution in [3.8, 4) is 0 Å². The number of rotatable bonds is 7. The van der Waals surface area contributed by atoms with Crippen molar-refractivity contribution < 1.29 is 23.1 Å². The number of hydrogen-bond donors (Lipinski definition) is 2. The van der Waals surface area contributed by atoms with Gasteiger partial charge in [-0.1, -0.05) is 13.3 Å². The van der Waals surface area contributed by atoms with Gasteiger partial charge in [0.2, 0.25) is 0 Å². The highest BCUT2D eigenvalue weighted by Crippen LogP contribution is 2.20.